The van der Waals surface area contributed by atoms with Crippen molar-refractivity contribution in [2.24, 2.45) is 0 Å². The predicted molar refractivity (Wildman–Crippen MR) is 81.2 cm³/mol. The third kappa shape index (κ3) is 3.23. The van der Waals surface area contributed by atoms with Gasteiger partial charge >= 0.3 is 0 Å². The number of hydrogen-bond donors (Lipinski definition) is 1. The highest BCUT2D eigenvalue weighted by atomic mass is 35.5. The molecule has 0 aliphatic heterocycles. The van der Waals surface area contributed by atoms with Gasteiger partial charge in [-0.15, -0.1) is 0 Å². The van der Waals surface area contributed by atoms with Gasteiger partial charge in [0.1, 0.15) is 5.75 Å². The Morgan fingerprint density at radius 3 is 2.75 bits per heavy atom. The smallest absolute Gasteiger partial charge is 0.121 e. The van der Waals surface area contributed by atoms with Crippen LogP contribution in [0.4, 0.5) is 5.69 Å². The van der Waals surface area contributed by atoms with Gasteiger partial charge in [0, 0.05) is 12.1 Å². The quantitative estimate of drug-likeness (QED) is 0.906. The molecule has 0 fully saturated rings. The van der Waals surface area contributed by atoms with Crippen molar-refractivity contribution in [3.8, 4) is 11.8 Å². The standard InChI is InChI=1S/C16H15ClN2O/c1-11(13-5-3-4-12(8-13)10-18)19-16-9-14(20-2)6-7-15(16)17/h3-9,11,19H,1-2H3. The first kappa shape index (κ1) is 14.2. The van der Waals surface area contributed by atoms with Gasteiger partial charge < -0.3 is 10.1 Å². The molecule has 4 heteroatoms. The van der Waals surface area contributed by atoms with Crippen LogP contribution in [0.3, 0.4) is 0 Å². The number of hydrogen-bond acceptors (Lipinski definition) is 3. The summed E-state index contributed by atoms with van der Waals surface area (Å²) in [5, 5.41) is 12.9. The summed E-state index contributed by atoms with van der Waals surface area (Å²) in [6.45, 7) is 2.02. The van der Waals surface area contributed by atoms with E-state index in [-0.39, 0.29) is 6.04 Å². The third-order valence-corrected chi connectivity index (χ3v) is 3.39. The van der Waals surface area contributed by atoms with Crippen molar-refractivity contribution in [1.82, 2.24) is 0 Å². The molecule has 20 heavy (non-hydrogen) atoms. The topological polar surface area (TPSA) is 45.0 Å². The van der Waals surface area contributed by atoms with Crippen molar-refractivity contribution < 1.29 is 4.74 Å². The number of nitrogens with zero attached hydrogens (tertiary/aromatic N) is 1. The summed E-state index contributed by atoms with van der Waals surface area (Å²) in [4.78, 5) is 0. The molecule has 2 rings (SSSR count). The summed E-state index contributed by atoms with van der Waals surface area (Å²) >= 11 is 6.17. The fraction of sp³-hybridized carbons (Fsp3) is 0.188. The van der Waals surface area contributed by atoms with Crippen LogP contribution in [0.1, 0.15) is 24.1 Å². The lowest BCUT2D eigenvalue weighted by Crippen LogP contribution is -2.07. The van der Waals surface area contributed by atoms with Crippen molar-refractivity contribution in [2.45, 2.75) is 13.0 Å². The zero-order chi connectivity index (χ0) is 14.5. The second-order valence-electron chi connectivity index (χ2n) is 4.45. The molecule has 0 aliphatic rings. The molecule has 2 aromatic rings. The van der Waals surface area contributed by atoms with Crippen LogP contribution in [0.5, 0.6) is 5.75 Å². The molecule has 0 bridgehead atoms. The molecule has 2 aromatic carbocycles. The molecule has 0 spiro atoms. The summed E-state index contributed by atoms with van der Waals surface area (Å²) in [7, 11) is 1.62. The highest BCUT2D eigenvalue weighted by Crippen LogP contribution is 2.30. The van der Waals surface area contributed by atoms with Crippen LogP contribution in [0.15, 0.2) is 42.5 Å². The van der Waals surface area contributed by atoms with Gasteiger partial charge in [-0.1, -0.05) is 23.7 Å². The van der Waals surface area contributed by atoms with Crippen LogP contribution in [0.25, 0.3) is 0 Å². The zero-order valence-electron chi connectivity index (χ0n) is 11.4. The minimum absolute atomic E-state index is 0.0351. The summed E-state index contributed by atoms with van der Waals surface area (Å²) < 4.78 is 5.19. The highest BCUT2D eigenvalue weighted by molar-refractivity contribution is 6.33. The fourth-order valence-electron chi connectivity index (χ4n) is 1.94. The first-order chi connectivity index (χ1) is 9.63. The Bertz CT molecular complexity index is 649. The lowest BCUT2D eigenvalue weighted by Gasteiger charge is -2.17. The molecule has 0 amide bonds. The van der Waals surface area contributed by atoms with Gasteiger partial charge in [0.25, 0.3) is 0 Å². The number of halogens is 1. The van der Waals surface area contributed by atoms with E-state index in [0.717, 1.165) is 17.0 Å². The number of nitriles is 1. The first-order valence-corrected chi connectivity index (χ1v) is 6.62. The van der Waals surface area contributed by atoms with Crippen molar-refractivity contribution in [3.05, 3.63) is 58.6 Å². The molecule has 0 saturated heterocycles. The molecule has 0 aliphatic carbocycles. The molecule has 1 unspecified atom stereocenters. The van der Waals surface area contributed by atoms with Gasteiger partial charge in [0.2, 0.25) is 0 Å². The van der Waals surface area contributed by atoms with E-state index in [2.05, 4.69) is 11.4 Å². The lowest BCUT2D eigenvalue weighted by molar-refractivity contribution is 0.415. The van der Waals surface area contributed by atoms with Crippen molar-refractivity contribution in [2.75, 3.05) is 12.4 Å². The molecular formula is C16H15ClN2O. The average Bonchev–Trinajstić information content (AvgIpc) is 2.49. The monoisotopic (exact) mass is 286 g/mol. The van der Waals surface area contributed by atoms with Crippen LogP contribution in [0, 0.1) is 11.3 Å². The van der Waals surface area contributed by atoms with Gasteiger partial charge in [-0.3, -0.25) is 0 Å². The Balaban J connectivity index is 2.23. The first-order valence-electron chi connectivity index (χ1n) is 6.24. The molecule has 0 heterocycles. The van der Waals surface area contributed by atoms with E-state index in [9.17, 15) is 0 Å². The van der Waals surface area contributed by atoms with Gasteiger partial charge in [-0.25, -0.2) is 0 Å². The molecule has 0 saturated carbocycles. The molecule has 1 N–H and O–H groups in total. The van der Waals surface area contributed by atoms with E-state index in [1.165, 1.54) is 0 Å². The Morgan fingerprint density at radius 1 is 1.25 bits per heavy atom. The summed E-state index contributed by atoms with van der Waals surface area (Å²) in [5.41, 5.74) is 2.48. The minimum Gasteiger partial charge on any atom is -0.497 e. The third-order valence-electron chi connectivity index (χ3n) is 3.06. The summed E-state index contributed by atoms with van der Waals surface area (Å²) in [5.74, 6) is 0.745. The van der Waals surface area contributed by atoms with E-state index >= 15 is 0 Å². The van der Waals surface area contributed by atoms with Crippen molar-refractivity contribution in [3.63, 3.8) is 0 Å². The molecule has 1 atom stereocenters. The Hall–Kier alpha value is -2.18. The van der Waals surface area contributed by atoms with E-state index < -0.39 is 0 Å². The normalized spacial score (nSPS) is 11.5. The highest BCUT2D eigenvalue weighted by Gasteiger charge is 2.09. The molecule has 0 aromatic heterocycles. The maximum absolute atomic E-state index is 8.94. The number of nitrogens with one attached hydrogen (secondary N) is 1. The minimum atomic E-state index is 0.0351. The second-order valence-corrected chi connectivity index (χ2v) is 4.86. The largest absolute Gasteiger partial charge is 0.497 e. The van der Waals surface area contributed by atoms with Gasteiger partial charge in [0.15, 0.2) is 0 Å². The van der Waals surface area contributed by atoms with Gasteiger partial charge in [-0.2, -0.15) is 5.26 Å². The second kappa shape index (κ2) is 6.31. The predicted octanol–water partition coefficient (Wildman–Crippen LogP) is 4.39. The summed E-state index contributed by atoms with van der Waals surface area (Å²) in [6.07, 6.45) is 0. The maximum atomic E-state index is 8.94. The number of ether oxygens (including phenoxy) is 1. The van der Waals surface area contributed by atoms with E-state index in [0.29, 0.717) is 10.6 Å². The van der Waals surface area contributed by atoms with E-state index in [1.54, 1.807) is 19.2 Å². The summed E-state index contributed by atoms with van der Waals surface area (Å²) in [6, 6.07) is 15.1. The molecular weight excluding hydrogens is 272 g/mol. The molecule has 3 nitrogen and oxygen atoms in total. The van der Waals surface area contributed by atoms with E-state index in [1.807, 2.05) is 37.3 Å². The number of anilines is 1. The number of methoxy groups -OCH3 is 1. The Morgan fingerprint density at radius 2 is 2.05 bits per heavy atom. The fourth-order valence-corrected chi connectivity index (χ4v) is 2.11. The van der Waals surface area contributed by atoms with Crippen LogP contribution >= 0.6 is 11.6 Å². The molecule has 102 valence electrons. The van der Waals surface area contributed by atoms with Gasteiger partial charge in [-0.05, 0) is 36.8 Å². The van der Waals surface area contributed by atoms with E-state index in [4.69, 9.17) is 21.6 Å². The Labute approximate surface area is 123 Å². The van der Waals surface area contributed by atoms with Crippen molar-refractivity contribution >= 4 is 17.3 Å². The van der Waals surface area contributed by atoms with Crippen LogP contribution in [-0.4, -0.2) is 7.11 Å². The maximum Gasteiger partial charge on any atom is 0.121 e. The molecule has 0 radical (unpaired) electrons. The average molecular weight is 287 g/mol. The van der Waals surface area contributed by atoms with Crippen LogP contribution in [0.2, 0.25) is 5.02 Å². The van der Waals surface area contributed by atoms with Gasteiger partial charge in [0.05, 0.1) is 29.5 Å². The Kier molecular flexibility index (Phi) is 4.49. The van der Waals surface area contributed by atoms with Crippen molar-refractivity contribution in [1.29, 1.82) is 5.26 Å². The lowest BCUT2D eigenvalue weighted by atomic mass is 10.1. The van der Waals surface area contributed by atoms with Crippen LogP contribution in [-0.2, 0) is 0 Å². The number of rotatable bonds is 4. The van der Waals surface area contributed by atoms with Crippen LogP contribution < -0.4 is 10.1 Å². The SMILES string of the molecule is COc1ccc(Cl)c(NC(C)c2cccc(C#N)c2)c1. The number of benzene rings is 2. The zero-order valence-corrected chi connectivity index (χ0v) is 12.1.